The van der Waals surface area contributed by atoms with Crippen molar-refractivity contribution in [2.24, 2.45) is 0 Å². The third kappa shape index (κ3) is 13.7. The summed E-state index contributed by atoms with van der Waals surface area (Å²) in [7, 11) is -47.3. The van der Waals surface area contributed by atoms with Crippen molar-refractivity contribution in [2.45, 2.75) is 105 Å². The largest absolute Gasteiger partial charge is 0.651 e. The molecule has 4 aliphatic rings. The lowest BCUT2D eigenvalue weighted by Crippen LogP contribution is -2.87. The molecule has 7 unspecified atom stereocenters. The molecule has 0 saturated carbocycles. The number of rotatable bonds is 19. The van der Waals surface area contributed by atoms with E-state index in [4.69, 9.17) is 82.6 Å². The molecule has 4 fully saturated rings. The predicted octanol–water partition coefficient (Wildman–Crippen LogP) is 1.54. The van der Waals surface area contributed by atoms with Crippen molar-refractivity contribution in [3.63, 3.8) is 0 Å². The summed E-state index contributed by atoms with van der Waals surface area (Å²) in [4.78, 5) is 0. The fraction of sp³-hybridized carbons (Fsp3) is 1.00. The molecular formula is C17H50O20Si17. The lowest BCUT2D eigenvalue weighted by molar-refractivity contribution is -0.0868. The average molecular weight is 1050 g/mol. The molecule has 0 aliphatic carbocycles. The SMILES string of the molecule is C[Si](C)OC[Si]12O[Si]O[Si]3(O[Si](C)C)O[Si](O[Si](C)C)(O1)O[Si]1(O[Si](C)C)O[Si](O[Si](C)C)(O2)O[Si](O[Si]O[Si](C)C)(O[Si](C)C)O[Si](O[Si](C)C)(O3)O1. The van der Waals surface area contributed by atoms with Gasteiger partial charge >= 0.3 is 83.1 Å². The summed E-state index contributed by atoms with van der Waals surface area (Å²) >= 11 is 0. The van der Waals surface area contributed by atoms with E-state index in [1.54, 1.807) is 0 Å². The van der Waals surface area contributed by atoms with Crippen LogP contribution in [-0.2, 0) is 82.6 Å². The van der Waals surface area contributed by atoms with E-state index in [9.17, 15) is 0 Å². The Kier molecular flexibility index (Phi) is 18.3. The van der Waals surface area contributed by atoms with Gasteiger partial charge in [0.05, 0.1) is 0 Å². The summed E-state index contributed by atoms with van der Waals surface area (Å²) < 4.78 is 136. The first-order valence-electron chi connectivity index (χ1n) is 16.6. The van der Waals surface area contributed by atoms with Crippen LogP contribution in [0, 0.1) is 0 Å². The molecule has 0 aromatic rings. The normalized spacial score (nSPS) is 37.6. The van der Waals surface area contributed by atoms with E-state index in [2.05, 4.69) is 0 Å². The van der Waals surface area contributed by atoms with Crippen molar-refractivity contribution >= 4 is 155 Å². The second-order valence-corrected chi connectivity index (χ2v) is 51.7. The van der Waals surface area contributed by atoms with Crippen molar-refractivity contribution in [1.29, 1.82) is 0 Å². The van der Waals surface area contributed by atoms with E-state index in [0.717, 1.165) is 0 Å². The maximum Gasteiger partial charge on any atom is 0.651 e. The Morgan fingerprint density at radius 3 is 1.19 bits per heavy atom. The molecule has 7 atom stereocenters. The van der Waals surface area contributed by atoms with Crippen molar-refractivity contribution in [2.75, 3.05) is 6.23 Å². The van der Waals surface area contributed by atoms with Gasteiger partial charge in [0.2, 0.25) is 9.04 Å². The molecule has 54 heavy (non-hydrogen) atoms. The van der Waals surface area contributed by atoms with Crippen molar-refractivity contribution in [3.8, 4) is 0 Å². The zero-order valence-corrected chi connectivity index (χ0v) is 50.4. The predicted molar refractivity (Wildman–Crippen MR) is 218 cm³/mol. The molecule has 0 amide bonds. The Morgan fingerprint density at radius 1 is 0.407 bits per heavy atom. The van der Waals surface area contributed by atoms with E-state index in [1.807, 2.05) is 105 Å². The molecule has 4 saturated heterocycles. The van der Waals surface area contributed by atoms with Crippen LogP contribution < -0.4 is 0 Å². The molecule has 0 aromatic carbocycles. The lowest BCUT2D eigenvalue weighted by Gasteiger charge is -2.55. The molecule has 0 aromatic heterocycles. The fourth-order valence-electron chi connectivity index (χ4n) is 4.38. The van der Waals surface area contributed by atoms with Crippen LogP contribution in [0.4, 0.5) is 0 Å². The zero-order valence-electron chi connectivity index (χ0n) is 33.4. The van der Waals surface area contributed by atoms with E-state index in [-0.39, 0.29) is 6.23 Å². The van der Waals surface area contributed by atoms with Gasteiger partial charge in [-0.3, -0.25) is 0 Å². The number of fused-ring (bicyclic) bond motifs is 4. The Labute approximate surface area is 346 Å². The zero-order chi connectivity index (χ0) is 40.4. The molecule has 37 heteroatoms. The standard InChI is InChI=1S/C17H50O20Si17/c1-40(2)18-17-48-20-39-22-50(24-43(7)8)32-52(30-48,26-45(11)12)36-54(28-47(15)16)35-51(29-48,25-44(9)10)31-49(23-42(5)6,21-38-19-41(3)4)33-53(34-50,37-54)27-46(13)14/h17H2,1-16H3. The minimum absolute atomic E-state index is 0.194. The molecule has 4 aliphatic heterocycles. The van der Waals surface area contributed by atoms with Gasteiger partial charge in [-0.1, -0.05) is 0 Å². The van der Waals surface area contributed by atoms with Crippen LogP contribution in [0.15, 0.2) is 0 Å². The Bertz CT molecular complexity index is 1220. The van der Waals surface area contributed by atoms with E-state index >= 15 is 0 Å². The highest BCUT2D eigenvalue weighted by Crippen LogP contribution is 2.46. The molecule has 12 radical (unpaired) electrons. The molecule has 306 valence electrons. The molecule has 6 bridgehead atoms. The highest BCUT2D eigenvalue weighted by molar-refractivity contribution is 6.98. The van der Waals surface area contributed by atoms with Crippen molar-refractivity contribution in [3.05, 3.63) is 0 Å². The Morgan fingerprint density at radius 2 is 0.778 bits per heavy atom. The summed E-state index contributed by atoms with van der Waals surface area (Å²) in [6.07, 6.45) is -0.194. The van der Waals surface area contributed by atoms with Crippen LogP contribution in [-0.4, -0.2) is 162 Å². The van der Waals surface area contributed by atoms with Crippen LogP contribution in [0.25, 0.3) is 0 Å². The minimum Gasteiger partial charge on any atom is -0.435 e. The minimum atomic E-state index is -4.85. The summed E-state index contributed by atoms with van der Waals surface area (Å²) in [5, 5.41) is 0. The summed E-state index contributed by atoms with van der Waals surface area (Å²) in [6, 6.07) is 0. The van der Waals surface area contributed by atoms with E-state index in [1.165, 1.54) is 0 Å². The van der Waals surface area contributed by atoms with Gasteiger partial charge in [-0.05, 0) is 105 Å². The van der Waals surface area contributed by atoms with Gasteiger partial charge in [0, 0.05) is 0 Å². The molecule has 4 rings (SSSR count). The fourth-order valence-corrected chi connectivity index (χ4v) is 54.8. The Balaban J connectivity index is 2.17. The molecule has 4 heterocycles. The average Bonchev–Trinajstić information content (AvgIpc) is 2.90. The van der Waals surface area contributed by atoms with Gasteiger partial charge < -0.3 is 82.6 Å². The van der Waals surface area contributed by atoms with Gasteiger partial charge in [0.1, 0.15) is 6.23 Å². The third-order valence-electron chi connectivity index (χ3n) is 5.60. The van der Waals surface area contributed by atoms with Crippen LogP contribution in [0.2, 0.25) is 105 Å². The van der Waals surface area contributed by atoms with Gasteiger partial charge in [-0.15, -0.1) is 0 Å². The second kappa shape index (κ2) is 19.9. The highest BCUT2D eigenvalue weighted by atomic mass is 28.6. The van der Waals surface area contributed by atoms with Crippen molar-refractivity contribution < 1.29 is 82.6 Å². The summed E-state index contributed by atoms with van der Waals surface area (Å²) in [5.74, 6) is 0. The molecule has 0 spiro atoms. The number of hydrogen-bond donors (Lipinski definition) is 0. The number of hydrogen-bond acceptors (Lipinski definition) is 20. The van der Waals surface area contributed by atoms with E-state index in [0.29, 0.717) is 0 Å². The monoisotopic (exact) mass is 1050 g/mol. The first-order valence-corrected chi connectivity index (χ1v) is 49.2. The topological polar surface area (TPSA) is 185 Å². The highest BCUT2D eigenvalue weighted by Gasteiger charge is 2.85. The maximum atomic E-state index is 7.09. The first kappa shape index (κ1) is 49.5. The van der Waals surface area contributed by atoms with Crippen LogP contribution in [0.3, 0.4) is 0 Å². The van der Waals surface area contributed by atoms with Gasteiger partial charge in [-0.2, -0.15) is 0 Å². The second-order valence-electron chi connectivity index (χ2n) is 13.3. The Hall–Kier alpha value is 2.89. The summed E-state index contributed by atoms with van der Waals surface area (Å²) in [6.45, 7) is 30.6. The van der Waals surface area contributed by atoms with Crippen LogP contribution in [0.5, 0.6) is 0 Å². The van der Waals surface area contributed by atoms with Gasteiger partial charge in [-0.25, -0.2) is 0 Å². The quantitative estimate of drug-likeness (QED) is 0.170. The summed E-state index contributed by atoms with van der Waals surface area (Å²) in [5.41, 5.74) is 0. The smallest absolute Gasteiger partial charge is 0.435 e. The maximum absolute atomic E-state index is 7.09. The first-order chi connectivity index (χ1) is 24.9. The van der Waals surface area contributed by atoms with Crippen LogP contribution in [0.1, 0.15) is 0 Å². The molecule has 20 nitrogen and oxygen atoms in total. The van der Waals surface area contributed by atoms with Crippen LogP contribution >= 0.6 is 0 Å². The van der Waals surface area contributed by atoms with E-state index < -0.39 is 155 Å². The van der Waals surface area contributed by atoms with Gasteiger partial charge in [0.25, 0.3) is 0 Å². The third-order valence-corrected chi connectivity index (χ3v) is 47.6. The molecular weight excluding hydrogens is 1000 g/mol. The molecule has 0 N–H and O–H groups in total. The lowest BCUT2D eigenvalue weighted by atomic mass is 11.7. The van der Waals surface area contributed by atoms with Gasteiger partial charge in [0.15, 0.2) is 63.3 Å². The van der Waals surface area contributed by atoms with Crippen molar-refractivity contribution in [1.82, 2.24) is 0 Å².